The van der Waals surface area contributed by atoms with Gasteiger partial charge in [-0.1, -0.05) is 24.3 Å². The topological polar surface area (TPSA) is 48.4 Å². The molecule has 2 heterocycles. The molecule has 0 radical (unpaired) electrons. The number of likely N-dealkylation sites (tertiary alicyclic amines) is 1. The highest BCUT2D eigenvalue weighted by Crippen LogP contribution is 2.16. The van der Waals surface area contributed by atoms with Gasteiger partial charge < -0.3 is 10.4 Å². The first-order chi connectivity index (χ1) is 10.3. The summed E-state index contributed by atoms with van der Waals surface area (Å²) in [5.74, 6) is 0. The minimum atomic E-state index is -0.151. The molecule has 1 saturated heterocycles. The summed E-state index contributed by atoms with van der Waals surface area (Å²) < 4.78 is 0. The lowest BCUT2D eigenvalue weighted by molar-refractivity contribution is 0.174. The first-order valence-corrected chi connectivity index (χ1v) is 8.24. The molecule has 1 aromatic carbocycles. The lowest BCUT2D eigenvalue weighted by Crippen LogP contribution is -2.23. The second-order valence-corrected chi connectivity index (χ2v) is 6.49. The quantitative estimate of drug-likeness (QED) is 0.857. The Morgan fingerprint density at radius 1 is 1.29 bits per heavy atom. The number of rotatable bonds is 6. The third-order valence-corrected chi connectivity index (χ3v) is 4.64. The number of hydrogen-bond donors (Lipinski definition) is 2. The van der Waals surface area contributed by atoms with Crippen LogP contribution in [0.3, 0.4) is 0 Å². The Balaban J connectivity index is 1.57. The van der Waals surface area contributed by atoms with E-state index in [-0.39, 0.29) is 6.10 Å². The zero-order valence-electron chi connectivity index (χ0n) is 12.0. The molecule has 0 amide bonds. The van der Waals surface area contributed by atoms with Crippen LogP contribution in [0.1, 0.15) is 22.4 Å². The highest BCUT2D eigenvalue weighted by atomic mass is 32.1. The van der Waals surface area contributed by atoms with Crippen LogP contribution in [0.15, 0.2) is 36.0 Å². The Kier molecular flexibility index (Phi) is 4.98. The van der Waals surface area contributed by atoms with Crippen molar-refractivity contribution < 1.29 is 5.11 Å². The van der Waals surface area contributed by atoms with Crippen LogP contribution in [0, 0.1) is 0 Å². The minimum absolute atomic E-state index is 0.151. The van der Waals surface area contributed by atoms with Crippen molar-refractivity contribution in [2.45, 2.75) is 32.2 Å². The van der Waals surface area contributed by atoms with Gasteiger partial charge in [-0.15, -0.1) is 11.3 Å². The number of nitrogens with one attached hydrogen (secondary N) is 1. The number of thiazole rings is 1. The van der Waals surface area contributed by atoms with Gasteiger partial charge in [0.05, 0.1) is 11.6 Å². The fourth-order valence-electron chi connectivity index (χ4n) is 2.73. The molecule has 5 heteroatoms. The lowest BCUT2D eigenvalue weighted by atomic mass is 10.1. The second-order valence-electron chi connectivity index (χ2n) is 5.52. The predicted molar refractivity (Wildman–Crippen MR) is 85.0 cm³/mol. The summed E-state index contributed by atoms with van der Waals surface area (Å²) in [6, 6.07) is 8.55. The van der Waals surface area contributed by atoms with Gasteiger partial charge in [-0.25, -0.2) is 0 Å². The fourth-order valence-corrected chi connectivity index (χ4v) is 3.29. The van der Waals surface area contributed by atoms with Crippen molar-refractivity contribution in [3.05, 3.63) is 52.0 Å². The van der Waals surface area contributed by atoms with Gasteiger partial charge in [0.15, 0.2) is 0 Å². The van der Waals surface area contributed by atoms with E-state index >= 15 is 0 Å². The second kappa shape index (κ2) is 7.13. The average molecular weight is 303 g/mol. The molecule has 0 unspecified atom stereocenters. The number of aliphatic hydroxyl groups excluding tert-OH is 1. The molecule has 4 nitrogen and oxygen atoms in total. The predicted octanol–water partition coefficient (Wildman–Crippen LogP) is 2.00. The van der Waals surface area contributed by atoms with Crippen molar-refractivity contribution >= 4 is 11.3 Å². The average Bonchev–Trinajstić information content (AvgIpc) is 3.13. The molecule has 0 bridgehead atoms. The third kappa shape index (κ3) is 4.11. The molecule has 0 saturated carbocycles. The van der Waals surface area contributed by atoms with E-state index in [2.05, 4.69) is 39.5 Å². The van der Waals surface area contributed by atoms with Gasteiger partial charge in [-0.2, -0.15) is 0 Å². The van der Waals surface area contributed by atoms with Gasteiger partial charge in [-0.3, -0.25) is 9.88 Å². The zero-order chi connectivity index (χ0) is 14.5. The van der Waals surface area contributed by atoms with Gasteiger partial charge >= 0.3 is 0 Å². The van der Waals surface area contributed by atoms with E-state index in [1.54, 1.807) is 11.3 Å². The van der Waals surface area contributed by atoms with Crippen LogP contribution in [-0.2, 0) is 19.6 Å². The first-order valence-electron chi connectivity index (χ1n) is 7.36. The molecule has 0 spiro atoms. The Morgan fingerprint density at radius 3 is 2.86 bits per heavy atom. The highest BCUT2D eigenvalue weighted by Gasteiger charge is 2.20. The standard InChI is InChI=1S/C16H21N3OS/c20-15-5-6-19(11-15)10-14-4-2-1-3-13(14)7-17-8-16-9-18-12-21-16/h1-4,9,12,15,17,20H,5-8,10-11H2/t15-/m1/s1. The highest BCUT2D eigenvalue weighted by molar-refractivity contribution is 7.09. The zero-order valence-corrected chi connectivity index (χ0v) is 12.9. The van der Waals surface area contributed by atoms with E-state index in [0.717, 1.165) is 39.1 Å². The van der Waals surface area contributed by atoms with Gasteiger partial charge in [0.1, 0.15) is 0 Å². The third-order valence-electron chi connectivity index (χ3n) is 3.86. The van der Waals surface area contributed by atoms with Crippen LogP contribution in [0.5, 0.6) is 0 Å². The monoisotopic (exact) mass is 303 g/mol. The van der Waals surface area contributed by atoms with E-state index in [1.807, 2.05) is 11.7 Å². The number of aromatic nitrogens is 1. The van der Waals surface area contributed by atoms with Crippen molar-refractivity contribution in [2.75, 3.05) is 13.1 Å². The molecule has 1 aromatic heterocycles. The Bertz CT molecular complexity index is 558. The Hall–Kier alpha value is -1.27. The first kappa shape index (κ1) is 14.7. The van der Waals surface area contributed by atoms with Crippen LogP contribution in [0.25, 0.3) is 0 Å². The van der Waals surface area contributed by atoms with Crippen molar-refractivity contribution in [1.82, 2.24) is 15.2 Å². The molecule has 2 aromatic rings. The molecule has 2 N–H and O–H groups in total. The van der Waals surface area contributed by atoms with Crippen molar-refractivity contribution in [2.24, 2.45) is 0 Å². The maximum absolute atomic E-state index is 9.64. The van der Waals surface area contributed by atoms with E-state index < -0.39 is 0 Å². The molecule has 1 aliphatic heterocycles. The summed E-state index contributed by atoms with van der Waals surface area (Å²) in [7, 11) is 0. The maximum atomic E-state index is 9.64. The van der Waals surface area contributed by atoms with Crippen LogP contribution in [0.4, 0.5) is 0 Å². The molecule has 0 aliphatic carbocycles. The molecule has 112 valence electrons. The summed E-state index contributed by atoms with van der Waals surface area (Å²) in [4.78, 5) is 7.67. The summed E-state index contributed by atoms with van der Waals surface area (Å²) in [5.41, 5.74) is 4.55. The van der Waals surface area contributed by atoms with Gasteiger partial charge in [-0.05, 0) is 17.5 Å². The summed E-state index contributed by atoms with van der Waals surface area (Å²) >= 11 is 1.68. The van der Waals surface area contributed by atoms with Crippen molar-refractivity contribution in [1.29, 1.82) is 0 Å². The molecule has 21 heavy (non-hydrogen) atoms. The normalized spacial score (nSPS) is 19.2. The molecular formula is C16H21N3OS. The fraction of sp³-hybridized carbons (Fsp3) is 0.438. The number of β-amino-alcohol motifs (C(OH)–C–C–N with tert-alkyl or cyclic N) is 1. The summed E-state index contributed by atoms with van der Waals surface area (Å²) in [6.07, 6.45) is 2.66. The SMILES string of the molecule is O[C@@H]1CCN(Cc2ccccc2CNCc2cncs2)C1. The summed E-state index contributed by atoms with van der Waals surface area (Å²) in [6.45, 7) is 4.44. The van der Waals surface area contributed by atoms with Gasteiger partial charge in [0.2, 0.25) is 0 Å². The Labute approximate surface area is 129 Å². The maximum Gasteiger partial charge on any atom is 0.0794 e. The van der Waals surface area contributed by atoms with Crippen LogP contribution in [0.2, 0.25) is 0 Å². The molecule has 1 atom stereocenters. The Morgan fingerprint density at radius 2 is 2.14 bits per heavy atom. The lowest BCUT2D eigenvalue weighted by Gasteiger charge is -2.18. The molecular weight excluding hydrogens is 282 g/mol. The number of aliphatic hydroxyl groups is 1. The van der Waals surface area contributed by atoms with E-state index in [9.17, 15) is 5.11 Å². The summed E-state index contributed by atoms with van der Waals surface area (Å²) in [5, 5.41) is 13.1. The smallest absolute Gasteiger partial charge is 0.0794 e. The van der Waals surface area contributed by atoms with E-state index in [1.165, 1.54) is 16.0 Å². The molecule has 1 aliphatic rings. The molecule has 1 fully saturated rings. The van der Waals surface area contributed by atoms with Crippen molar-refractivity contribution in [3.8, 4) is 0 Å². The van der Waals surface area contributed by atoms with Crippen LogP contribution in [-0.4, -0.2) is 34.2 Å². The van der Waals surface area contributed by atoms with Crippen LogP contribution < -0.4 is 5.32 Å². The van der Waals surface area contributed by atoms with E-state index in [0.29, 0.717) is 0 Å². The van der Waals surface area contributed by atoms with Gasteiger partial charge in [0, 0.05) is 43.8 Å². The largest absolute Gasteiger partial charge is 0.392 e. The van der Waals surface area contributed by atoms with Gasteiger partial charge in [0.25, 0.3) is 0 Å². The number of nitrogens with zero attached hydrogens (tertiary/aromatic N) is 2. The van der Waals surface area contributed by atoms with Crippen LogP contribution >= 0.6 is 11.3 Å². The number of benzene rings is 1. The number of hydrogen-bond acceptors (Lipinski definition) is 5. The van der Waals surface area contributed by atoms with E-state index in [4.69, 9.17) is 0 Å². The molecule has 3 rings (SSSR count). The minimum Gasteiger partial charge on any atom is -0.392 e. The van der Waals surface area contributed by atoms with Crippen molar-refractivity contribution in [3.63, 3.8) is 0 Å².